The van der Waals surface area contributed by atoms with Crippen LogP contribution < -0.4 is 4.89 Å². The molecule has 372 valence electrons. The van der Waals surface area contributed by atoms with Gasteiger partial charge in [0.05, 0.1) is 27.7 Å². The number of rotatable bonds is 49. The molecule has 0 rings (SSSR count). The Hall–Kier alpha value is -1.51. The van der Waals surface area contributed by atoms with E-state index in [0.717, 1.165) is 57.8 Å². The number of allylic oxidation sites excluding steroid dienone is 4. The fraction of sp³-hybridized carbons (Fsp3) is 0.887. The topological polar surface area (TPSA) is 111 Å². The van der Waals surface area contributed by atoms with Crippen LogP contribution in [0.2, 0.25) is 0 Å². The highest BCUT2D eigenvalue weighted by molar-refractivity contribution is 7.45. The first-order valence-corrected chi connectivity index (χ1v) is 28.0. The van der Waals surface area contributed by atoms with Gasteiger partial charge in [-0.15, -0.1) is 0 Å². The highest BCUT2D eigenvalue weighted by atomic mass is 31.2. The standard InChI is InChI=1S/C53H102NO8P/c1-6-8-10-12-14-16-18-20-22-24-25-26-27-28-29-30-32-34-36-38-40-42-44-46-53(56)62-51(50-61-63(57,58)60-48-47-54(3,4)5)49-59-52(55)45-43-41-39-37-35-33-31-23-21-19-17-15-13-11-9-7-2/h23-25,31,51H,6-22,26-30,32-50H2,1-5H3/b25-24-,31-23-. The summed E-state index contributed by atoms with van der Waals surface area (Å²) in [6.07, 6.45) is 52.1. The monoisotopic (exact) mass is 912 g/mol. The van der Waals surface area contributed by atoms with E-state index in [4.69, 9.17) is 18.5 Å². The highest BCUT2D eigenvalue weighted by Crippen LogP contribution is 2.38. The molecule has 9 nitrogen and oxygen atoms in total. The minimum atomic E-state index is -4.63. The number of esters is 2. The molecule has 0 bridgehead atoms. The van der Waals surface area contributed by atoms with E-state index in [1.165, 1.54) is 161 Å². The maximum Gasteiger partial charge on any atom is 0.306 e. The van der Waals surface area contributed by atoms with Crippen molar-refractivity contribution in [3.8, 4) is 0 Å². The molecule has 0 saturated heterocycles. The lowest BCUT2D eigenvalue weighted by molar-refractivity contribution is -0.870. The molecule has 0 radical (unpaired) electrons. The summed E-state index contributed by atoms with van der Waals surface area (Å²) in [5.41, 5.74) is 0. The number of nitrogens with zero attached hydrogens (tertiary/aromatic N) is 1. The van der Waals surface area contributed by atoms with Crippen molar-refractivity contribution >= 4 is 19.8 Å². The second kappa shape index (κ2) is 45.6. The van der Waals surface area contributed by atoms with Crippen LogP contribution in [0, 0.1) is 0 Å². The second-order valence-electron chi connectivity index (χ2n) is 19.2. The Balaban J connectivity index is 4.20. The molecule has 2 unspecified atom stereocenters. The van der Waals surface area contributed by atoms with Gasteiger partial charge in [-0.2, -0.15) is 0 Å². The fourth-order valence-corrected chi connectivity index (χ4v) is 8.26. The molecule has 0 saturated carbocycles. The van der Waals surface area contributed by atoms with Crippen LogP contribution in [0.5, 0.6) is 0 Å². The molecule has 0 heterocycles. The molecule has 0 aliphatic carbocycles. The van der Waals surface area contributed by atoms with Gasteiger partial charge in [-0.25, -0.2) is 0 Å². The zero-order valence-corrected chi connectivity index (χ0v) is 42.9. The highest BCUT2D eigenvalue weighted by Gasteiger charge is 2.21. The van der Waals surface area contributed by atoms with Crippen molar-refractivity contribution in [2.75, 3.05) is 47.5 Å². The van der Waals surface area contributed by atoms with Crippen LogP contribution in [0.15, 0.2) is 24.3 Å². The van der Waals surface area contributed by atoms with E-state index in [0.29, 0.717) is 17.4 Å². The Morgan fingerprint density at radius 3 is 1.17 bits per heavy atom. The molecule has 0 aromatic heterocycles. The van der Waals surface area contributed by atoms with Crippen molar-refractivity contribution in [2.24, 2.45) is 0 Å². The van der Waals surface area contributed by atoms with Crippen LogP contribution in [0.25, 0.3) is 0 Å². The largest absolute Gasteiger partial charge is 0.756 e. The van der Waals surface area contributed by atoms with Gasteiger partial charge in [0.15, 0.2) is 6.10 Å². The summed E-state index contributed by atoms with van der Waals surface area (Å²) in [5, 5.41) is 0. The SMILES string of the molecule is CCCCCCCCC/C=C\CCCCCCCC(=O)OCC(COP(=O)([O-])OCC[N+](C)(C)C)OC(=O)CCCCCCCCCCCCC/C=C\CCCCCCCCCC. The van der Waals surface area contributed by atoms with Crippen LogP contribution in [0.4, 0.5) is 0 Å². The van der Waals surface area contributed by atoms with Gasteiger partial charge < -0.3 is 27.9 Å². The molecule has 2 atom stereocenters. The van der Waals surface area contributed by atoms with Crippen molar-refractivity contribution in [3.63, 3.8) is 0 Å². The van der Waals surface area contributed by atoms with Gasteiger partial charge in [-0.1, -0.05) is 199 Å². The molecule has 0 N–H and O–H groups in total. The number of hydrogen-bond acceptors (Lipinski definition) is 8. The third-order valence-electron chi connectivity index (χ3n) is 11.7. The minimum absolute atomic E-state index is 0.0305. The number of likely N-dealkylation sites (N-methyl/N-ethyl adjacent to an activating group) is 1. The van der Waals surface area contributed by atoms with Crippen LogP contribution >= 0.6 is 7.82 Å². The van der Waals surface area contributed by atoms with Gasteiger partial charge in [-0.05, 0) is 64.2 Å². The summed E-state index contributed by atoms with van der Waals surface area (Å²) in [7, 11) is 1.17. The third-order valence-corrected chi connectivity index (χ3v) is 12.7. The number of phosphoric ester groups is 1. The number of ether oxygens (including phenoxy) is 2. The molecular weight excluding hydrogens is 810 g/mol. The summed E-state index contributed by atoms with van der Waals surface area (Å²) in [4.78, 5) is 37.7. The van der Waals surface area contributed by atoms with E-state index in [-0.39, 0.29) is 32.0 Å². The molecule has 10 heteroatoms. The van der Waals surface area contributed by atoms with Crippen molar-refractivity contribution in [1.82, 2.24) is 0 Å². The van der Waals surface area contributed by atoms with Gasteiger partial charge in [0.1, 0.15) is 19.8 Å². The number of hydrogen-bond donors (Lipinski definition) is 0. The zero-order valence-electron chi connectivity index (χ0n) is 42.0. The van der Waals surface area contributed by atoms with E-state index < -0.39 is 26.5 Å². The van der Waals surface area contributed by atoms with Gasteiger partial charge in [0.2, 0.25) is 0 Å². The van der Waals surface area contributed by atoms with Gasteiger partial charge in [-0.3, -0.25) is 14.2 Å². The van der Waals surface area contributed by atoms with Crippen molar-refractivity contribution in [2.45, 2.75) is 258 Å². The Morgan fingerprint density at radius 2 is 0.810 bits per heavy atom. The first-order valence-electron chi connectivity index (χ1n) is 26.5. The van der Waals surface area contributed by atoms with Crippen LogP contribution in [0.3, 0.4) is 0 Å². The first-order chi connectivity index (χ1) is 30.5. The number of unbranched alkanes of at least 4 members (excludes halogenated alkanes) is 31. The number of carbonyl (C=O) groups excluding carboxylic acids is 2. The summed E-state index contributed by atoms with van der Waals surface area (Å²) in [5.74, 6) is -0.834. The summed E-state index contributed by atoms with van der Waals surface area (Å²) in [6.45, 7) is 4.25. The lowest BCUT2D eigenvalue weighted by Crippen LogP contribution is -2.37. The van der Waals surface area contributed by atoms with Crippen molar-refractivity contribution < 1.29 is 42.1 Å². The van der Waals surface area contributed by atoms with Gasteiger partial charge in [0, 0.05) is 12.8 Å². The molecule has 0 fully saturated rings. The smallest absolute Gasteiger partial charge is 0.306 e. The number of carbonyl (C=O) groups is 2. The minimum Gasteiger partial charge on any atom is -0.756 e. The van der Waals surface area contributed by atoms with Crippen LogP contribution in [-0.4, -0.2) is 70.0 Å². The summed E-state index contributed by atoms with van der Waals surface area (Å²) in [6, 6.07) is 0. The van der Waals surface area contributed by atoms with E-state index in [1.807, 2.05) is 21.1 Å². The molecule has 0 aromatic rings. The predicted octanol–water partition coefficient (Wildman–Crippen LogP) is 15.2. The first kappa shape index (κ1) is 61.5. The molecule has 0 spiro atoms. The van der Waals surface area contributed by atoms with E-state index in [1.54, 1.807) is 0 Å². The Bertz CT molecular complexity index is 1120. The Morgan fingerprint density at radius 1 is 0.476 bits per heavy atom. The van der Waals surface area contributed by atoms with Crippen molar-refractivity contribution in [1.29, 1.82) is 0 Å². The van der Waals surface area contributed by atoms with E-state index in [9.17, 15) is 19.0 Å². The summed E-state index contributed by atoms with van der Waals surface area (Å²) >= 11 is 0. The average molecular weight is 912 g/mol. The average Bonchev–Trinajstić information content (AvgIpc) is 3.24. The van der Waals surface area contributed by atoms with Gasteiger partial charge in [0.25, 0.3) is 7.82 Å². The number of phosphoric acid groups is 1. The van der Waals surface area contributed by atoms with Gasteiger partial charge >= 0.3 is 11.9 Å². The lowest BCUT2D eigenvalue weighted by atomic mass is 10.0. The zero-order chi connectivity index (χ0) is 46.4. The lowest BCUT2D eigenvalue weighted by Gasteiger charge is -2.28. The fourth-order valence-electron chi connectivity index (χ4n) is 7.53. The molecular formula is C53H102NO8P. The molecule has 0 aliphatic rings. The van der Waals surface area contributed by atoms with E-state index >= 15 is 0 Å². The van der Waals surface area contributed by atoms with Crippen LogP contribution in [0.1, 0.15) is 251 Å². The normalized spacial score (nSPS) is 13.6. The molecule has 0 amide bonds. The number of quaternary nitrogens is 1. The van der Waals surface area contributed by atoms with E-state index in [2.05, 4.69) is 38.2 Å². The maximum absolute atomic E-state index is 12.8. The predicted molar refractivity (Wildman–Crippen MR) is 264 cm³/mol. The second-order valence-corrected chi connectivity index (χ2v) is 20.6. The Kier molecular flexibility index (Phi) is 44.5. The maximum atomic E-state index is 12.8. The van der Waals surface area contributed by atoms with Crippen molar-refractivity contribution in [3.05, 3.63) is 24.3 Å². The third kappa shape index (κ3) is 49.8. The molecule has 63 heavy (non-hydrogen) atoms. The molecule has 0 aliphatic heterocycles. The summed E-state index contributed by atoms with van der Waals surface area (Å²) < 4.78 is 34.1. The van der Waals surface area contributed by atoms with Crippen LogP contribution in [-0.2, 0) is 32.7 Å². The quantitative estimate of drug-likeness (QED) is 0.0195. The Labute approximate surface area is 389 Å². The molecule has 0 aromatic carbocycles.